The Morgan fingerprint density at radius 2 is 2.05 bits per heavy atom. The van der Waals surface area contributed by atoms with E-state index in [1.165, 1.54) is 12.3 Å². The summed E-state index contributed by atoms with van der Waals surface area (Å²) in [5, 5.41) is 18.1. The Balaban J connectivity index is 2.28. The summed E-state index contributed by atoms with van der Waals surface area (Å²) in [7, 11) is 0. The van der Waals surface area contributed by atoms with Gasteiger partial charge in [0.1, 0.15) is 5.75 Å². The summed E-state index contributed by atoms with van der Waals surface area (Å²) in [6.07, 6.45) is -3.39. The molecule has 0 aliphatic heterocycles. The maximum Gasteiger partial charge on any atom is 0.420 e. The van der Waals surface area contributed by atoms with Crippen LogP contribution >= 0.6 is 0 Å². The predicted molar refractivity (Wildman–Crippen MR) is 73.7 cm³/mol. The number of phenols is 1. The van der Waals surface area contributed by atoms with Gasteiger partial charge in [0.15, 0.2) is 0 Å². The van der Waals surface area contributed by atoms with Crippen molar-refractivity contribution in [2.45, 2.75) is 25.9 Å². The molecule has 118 valence electrons. The minimum Gasteiger partial charge on any atom is -0.507 e. The maximum atomic E-state index is 12.7. The van der Waals surface area contributed by atoms with E-state index in [2.05, 4.69) is 15.5 Å². The molecule has 1 heterocycles. The average Bonchev–Trinajstić information content (AvgIpc) is 2.89. The monoisotopic (exact) mass is 313 g/mol. The highest BCUT2D eigenvalue weighted by Gasteiger charge is 2.34. The van der Waals surface area contributed by atoms with Gasteiger partial charge in [-0.05, 0) is 24.1 Å². The second-order valence-electron chi connectivity index (χ2n) is 5.04. The fourth-order valence-corrected chi connectivity index (χ4v) is 1.96. The van der Waals surface area contributed by atoms with Gasteiger partial charge in [0, 0.05) is 5.69 Å². The normalized spacial score (nSPS) is 11.7. The summed E-state index contributed by atoms with van der Waals surface area (Å²) in [6, 6.07) is 2.76. The molecule has 8 heteroatoms. The van der Waals surface area contributed by atoms with E-state index in [-0.39, 0.29) is 17.2 Å². The number of benzene rings is 1. The van der Waals surface area contributed by atoms with E-state index < -0.39 is 23.4 Å². The van der Waals surface area contributed by atoms with Crippen LogP contribution in [-0.4, -0.2) is 21.2 Å². The second kappa shape index (κ2) is 5.70. The zero-order chi connectivity index (χ0) is 16.5. The largest absolute Gasteiger partial charge is 0.507 e. The lowest BCUT2D eigenvalue weighted by Crippen LogP contribution is -2.14. The number of anilines is 1. The van der Waals surface area contributed by atoms with E-state index in [1.54, 1.807) is 0 Å². The number of hydrogen-bond donors (Lipinski definition) is 3. The first-order valence-electron chi connectivity index (χ1n) is 6.45. The van der Waals surface area contributed by atoms with Gasteiger partial charge >= 0.3 is 6.18 Å². The minimum atomic E-state index is -4.70. The number of nitrogens with zero attached hydrogens (tertiary/aromatic N) is 1. The molecule has 0 atom stereocenters. The number of aromatic nitrogens is 2. The number of aromatic amines is 1. The zero-order valence-corrected chi connectivity index (χ0v) is 11.8. The molecule has 1 amide bonds. The van der Waals surface area contributed by atoms with Gasteiger partial charge < -0.3 is 10.4 Å². The van der Waals surface area contributed by atoms with E-state index in [0.29, 0.717) is 11.8 Å². The topological polar surface area (TPSA) is 78.0 Å². The van der Waals surface area contributed by atoms with Gasteiger partial charge in [-0.25, -0.2) is 0 Å². The quantitative estimate of drug-likeness (QED) is 0.759. The minimum absolute atomic E-state index is 0.00815. The number of carbonyl (C=O) groups is 1. The van der Waals surface area contributed by atoms with Crippen LogP contribution < -0.4 is 5.32 Å². The van der Waals surface area contributed by atoms with Crippen LogP contribution in [0.2, 0.25) is 0 Å². The Morgan fingerprint density at radius 3 is 2.64 bits per heavy atom. The average molecular weight is 313 g/mol. The molecular formula is C14H14F3N3O2. The Labute approximate surface area is 124 Å². The molecule has 0 bridgehead atoms. The Hall–Kier alpha value is -2.51. The van der Waals surface area contributed by atoms with Gasteiger partial charge in [-0.2, -0.15) is 18.3 Å². The van der Waals surface area contributed by atoms with Gasteiger partial charge in [-0.3, -0.25) is 9.89 Å². The molecule has 22 heavy (non-hydrogen) atoms. The lowest BCUT2D eigenvalue weighted by atomic mass is 10.1. The molecular weight excluding hydrogens is 299 g/mol. The molecule has 0 aliphatic rings. The third-order valence-electron chi connectivity index (χ3n) is 3.05. The van der Waals surface area contributed by atoms with Gasteiger partial charge in [0.2, 0.25) is 0 Å². The van der Waals surface area contributed by atoms with E-state index in [0.717, 1.165) is 6.07 Å². The lowest BCUT2D eigenvalue weighted by molar-refractivity contribution is -0.138. The van der Waals surface area contributed by atoms with Crippen LogP contribution in [0, 0.1) is 0 Å². The molecule has 1 aromatic carbocycles. The molecule has 2 aromatic rings. The summed E-state index contributed by atoms with van der Waals surface area (Å²) < 4.78 is 38.2. The van der Waals surface area contributed by atoms with Crippen molar-refractivity contribution in [1.82, 2.24) is 10.2 Å². The van der Waals surface area contributed by atoms with Crippen LogP contribution in [0.5, 0.6) is 5.75 Å². The summed E-state index contributed by atoms with van der Waals surface area (Å²) in [6.45, 7) is 3.71. The molecule has 2 rings (SSSR count). The van der Waals surface area contributed by atoms with Crippen LogP contribution in [0.4, 0.5) is 18.9 Å². The number of alkyl halides is 3. The van der Waals surface area contributed by atoms with Crippen molar-refractivity contribution in [3.63, 3.8) is 0 Å². The molecule has 0 aliphatic carbocycles. The number of H-pyrrole nitrogens is 1. The highest BCUT2D eigenvalue weighted by atomic mass is 19.4. The fourth-order valence-electron chi connectivity index (χ4n) is 1.96. The standard InChI is InChI=1S/C14H14F3N3O2/c1-7(2)12-9(6-18-20-12)13(22)19-8-3-4-11(21)10(5-8)14(15,16)17/h3-7,21H,1-2H3,(H,18,20)(H,19,22). The number of hydrogen-bond acceptors (Lipinski definition) is 3. The summed E-state index contributed by atoms with van der Waals surface area (Å²) in [5.41, 5.74) is -0.420. The fraction of sp³-hybridized carbons (Fsp3) is 0.286. The molecule has 0 spiro atoms. The number of nitrogens with one attached hydrogen (secondary N) is 2. The molecule has 1 aromatic heterocycles. The van der Waals surface area contributed by atoms with E-state index in [4.69, 9.17) is 0 Å². The van der Waals surface area contributed by atoms with Crippen LogP contribution in [0.3, 0.4) is 0 Å². The maximum absolute atomic E-state index is 12.7. The van der Waals surface area contributed by atoms with E-state index in [1.807, 2.05) is 13.8 Å². The SMILES string of the molecule is CC(C)c1[nH]ncc1C(=O)Nc1ccc(O)c(C(F)(F)F)c1. The van der Waals surface area contributed by atoms with Crippen molar-refractivity contribution in [2.24, 2.45) is 0 Å². The van der Waals surface area contributed by atoms with Crippen molar-refractivity contribution in [3.8, 4) is 5.75 Å². The van der Waals surface area contributed by atoms with Gasteiger partial charge in [0.25, 0.3) is 5.91 Å². The van der Waals surface area contributed by atoms with Crippen LogP contribution in [0.1, 0.15) is 41.4 Å². The third-order valence-corrected chi connectivity index (χ3v) is 3.05. The van der Waals surface area contributed by atoms with Crippen LogP contribution in [-0.2, 0) is 6.18 Å². The van der Waals surface area contributed by atoms with Crippen molar-refractivity contribution >= 4 is 11.6 Å². The van der Waals surface area contributed by atoms with Crippen molar-refractivity contribution in [1.29, 1.82) is 0 Å². The summed E-state index contributed by atoms with van der Waals surface area (Å²) in [5.74, 6) is -1.46. The molecule has 0 fully saturated rings. The number of amides is 1. The van der Waals surface area contributed by atoms with E-state index in [9.17, 15) is 23.1 Å². The molecule has 3 N–H and O–H groups in total. The zero-order valence-electron chi connectivity index (χ0n) is 11.8. The number of aromatic hydroxyl groups is 1. The second-order valence-corrected chi connectivity index (χ2v) is 5.04. The van der Waals surface area contributed by atoms with Crippen molar-refractivity contribution in [2.75, 3.05) is 5.32 Å². The first-order valence-corrected chi connectivity index (χ1v) is 6.45. The highest BCUT2D eigenvalue weighted by molar-refractivity contribution is 6.05. The molecule has 0 unspecified atom stereocenters. The van der Waals surface area contributed by atoms with Gasteiger partial charge in [0.05, 0.1) is 23.0 Å². The number of carbonyl (C=O) groups excluding carboxylic acids is 1. The molecule has 0 saturated heterocycles. The smallest absolute Gasteiger partial charge is 0.420 e. The predicted octanol–water partition coefficient (Wildman–Crippen LogP) is 3.51. The van der Waals surface area contributed by atoms with Gasteiger partial charge in [-0.15, -0.1) is 0 Å². The van der Waals surface area contributed by atoms with Crippen molar-refractivity contribution < 1.29 is 23.1 Å². The Bertz CT molecular complexity index is 693. The Morgan fingerprint density at radius 1 is 1.36 bits per heavy atom. The number of halogens is 3. The van der Waals surface area contributed by atoms with E-state index >= 15 is 0 Å². The molecule has 5 nitrogen and oxygen atoms in total. The van der Waals surface area contributed by atoms with Crippen LogP contribution in [0.15, 0.2) is 24.4 Å². The highest BCUT2D eigenvalue weighted by Crippen LogP contribution is 2.37. The Kier molecular flexibility index (Phi) is 4.11. The van der Waals surface area contributed by atoms with Gasteiger partial charge in [-0.1, -0.05) is 13.8 Å². The number of phenolic OH excluding ortho intramolecular Hbond substituents is 1. The molecule has 0 saturated carbocycles. The first kappa shape index (κ1) is 15.9. The summed E-state index contributed by atoms with van der Waals surface area (Å²) >= 11 is 0. The third kappa shape index (κ3) is 3.21. The van der Waals surface area contributed by atoms with Crippen LogP contribution in [0.25, 0.3) is 0 Å². The lowest BCUT2D eigenvalue weighted by Gasteiger charge is -2.12. The number of rotatable bonds is 3. The van der Waals surface area contributed by atoms with Crippen molar-refractivity contribution in [3.05, 3.63) is 41.2 Å². The first-order chi connectivity index (χ1) is 10.2. The molecule has 0 radical (unpaired) electrons. The summed E-state index contributed by atoms with van der Waals surface area (Å²) in [4.78, 5) is 12.1.